The number of hydrogen-bond acceptors (Lipinski definition) is 6. The molecule has 2 unspecified atom stereocenters. The van der Waals surface area contributed by atoms with Crippen LogP contribution in [0.1, 0.15) is 20.8 Å². The number of aliphatic hydroxyl groups is 1. The van der Waals surface area contributed by atoms with Gasteiger partial charge in [0.25, 0.3) is 0 Å². The molecule has 0 saturated carbocycles. The average Bonchev–Trinajstić information content (AvgIpc) is 2.58. The minimum Gasteiger partial charge on any atom is -0.463 e. The topological polar surface area (TPSA) is 74.2 Å². The molecule has 0 aromatic carbocycles. The molecule has 92 valence electrons. The van der Waals surface area contributed by atoms with Gasteiger partial charge >= 0.3 is 5.97 Å². The van der Waals surface area contributed by atoms with E-state index in [-0.39, 0.29) is 6.61 Å². The van der Waals surface area contributed by atoms with Crippen LogP contribution in [-0.2, 0) is 23.7 Å². The van der Waals surface area contributed by atoms with Crippen LogP contribution in [0.15, 0.2) is 0 Å². The van der Waals surface area contributed by atoms with Gasteiger partial charge in [-0.3, -0.25) is 4.79 Å². The van der Waals surface area contributed by atoms with Crippen molar-refractivity contribution in [1.29, 1.82) is 0 Å². The van der Waals surface area contributed by atoms with Gasteiger partial charge in [-0.2, -0.15) is 0 Å². The Morgan fingerprint density at radius 1 is 1.44 bits per heavy atom. The fourth-order valence-corrected chi connectivity index (χ4v) is 1.90. The molecule has 4 atom stereocenters. The molecule has 2 aliphatic heterocycles. The van der Waals surface area contributed by atoms with Gasteiger partial charge < -0.3 is 24.1 Å². The standard InChI is InChI=1S/C10H16O6/c1-5(11)13-4-6-7(12)8-9(14-6)16-10(2,3)15-8/h6-9,12H,4H2,1-3H3/t6-,7+,8?,9?/m1/s1. The highest BCUT2D eigenvalue weighted by atomic mass is 16.8. The van der Waals surface area contributed by atoms with Crippen molar-refractivity contribution in [3.63, 3.8) is 0 Å². The third-order valence-corrected chi connectivity index (χ3v) is 2.57. The van der Waals surface area contributed by atoms with Crippen molar-refractivity contribution in [1.82, 2.24) is 0 Å². The number of ether oxygens (including phenoxy) is 4. The van der Waals surface area contributed by atoms with Gasteiger partial charge in [-0.15, -0.1) is 0 Å². The molecule has 1 N–H and O–H groups in total. The maximum absolute atomic E-state index is 10.6. The maximum Gasteiger partial charge on any atom is 0.302 e. The zero-order valence-corrected chi connectivity index (χ0v) is 9.50. The van der Waals surface area contributed by atoms with E-state index in [1.54, 1.807) is 13.8 Å². The van der Waals surface area contributed by atoms with Crippen molar-refractivity contribution in [2.24, 2.45) is 0 Å². The predicted molar refractivity (Wildman–Crippen MR) is 51.3 cm³/mol. The van der Waals surface area contributed by atoms with Crippen LogP contribution in [0.25, 0.3) is 0 Å². The van der Waals surface area contributed by atoms with E-state index in [0.717, 1.165) is 0 Å². The minimum absolute atomic E-state index is 0.0106. The second-order valence-corrected chi connectivity index (χ2v) is 4.44. The van der Waals surface area contributed by atoms with Gasteiger partial charge in [0.2, 0.25) is 0 Å². The smallest absolute Gasteiger partial charge is 0.302 e. The van der Waals surface area contributed by atoms with Gasteiger partial charge in [0.15, 0.2) is 12.1 Å². The van der Waals surface area contributed by atoms with E-state index >= 15 is 0 Å². The van der Waals surface area contributed by atoms with Gasteiger partial charge in [0, 0.05) is 6.92 Å². The molecular weight excluding hydrogens is 216 g/mol. The zero-order chi connectivity index (χ0) is 11.9. The molecule has 0 amide bonds. The first kappa shape index (κ1) is 11.8. The molecule has 2 saturated heterocycles. The fourth-order valence-electron chi connectivity index (χ4n) is 1.90. The SMILES string of the molecule is CC(=O)OC[C@H]1OC2OC(C)(C)OC2[C@H]1O. The third kappa shape index (κ3) is 2.20. The Hall–Kier alpha value is -0.690. The molecule has 0 aliphatic carbocycles. The monoisotopic (exact) mass is 232 g/mol. The van der Waals surface area contributed by atoms with Gasteiger partial charge in [-0.1, -0.05) is 0 Å². The summed E-state index contributed by atoms with van der Waals surface area (Å²) in [5.41, 5.74) is 0. The summed E-state index contributed by atoms with van der Waals surface area (Å²) >= 11 is 0. The summed E-state index contributed by atoms with van der Waals surface area (Å²) in [5.74, 6) is -1.15. The molecule has 2 fully saturated rings. The highest BCUT2D eigenvalue weighted by molar-refractivity contribution is 5.65. The number of aliphatic hydroxyl groups excluding tert-OH is 1. The van der Waals surface area contributed by atoms with Gasteiger partial charge in [-0.25, -0.2) is 0 Å². The van der Waals surface area contributed by atoms with Crippen molar-refractivity contribution < 1.29 is 28.8 Å². The van der Waals surface area contributed by atoms with Crippen LogP contribution in [0.4, 0.5) is 0 Å². The van der Waals surface area contributed by atoms with E-state index in [0.29, 0.717) is 0 Å². The van der Waals surface area contributed by atoms with Crippen molar-refractivity contribution in [2.75, 3.05) is 6.61 Å². The van der Waals surface area contributed by atoms with E-state index < -0.39 is 36.4 Å². The van der Waals surface area contributed by atoms with Crippen molar-refractivity contribution >= 4 is 5.97 Å². The number of hydrogen-bond donors (Lipinski definition) is 1. The van der Waals surface area contributed by atoms with E-state index in [2.05, 4.69) is 0 Å². The molecule has 2 rings (SSSR count). The first-order valence-electron chi connectivity index (χ1n) is 5.21. The maximum atomic E-state index is 10.6. The zero-order valence-electron chi connectivity index (χ0n) is 9.50. The Kier molecular flexibility index (Phi) is 2.91. The van der Waals surface area contributed by atoms with E-state index in [1.165, 1.54) is 6.92 Å². The van der Waals surface area contributed by atoms with Gasteiger partial charge in [0.05, 0.1) is 0 Å². The summed E-state index contributed by atoms with van der Waals surface area (Å²) < 4.78 is 21.1. The highest BCUT2D eigenvalue weighted by Gasteiger charge is 2.54. The lowest BCUT2D eigenvalue weighted by molar-refractivity contribution is -0.220. The summed E-state index contributed by atoms with van der Waals surface area (Å²) in [6.45, 7) is 4.82. The summed E-state index contributed by atoms with van der Waals surface area (Å²) in [7, 11) is 0. The molecule has 0 bridgehead atoms. The molecule has 2 aliphatic rings. The lowest BCUT2D eigenvalue weighted by atomic mass is 10.1. The van der Waals surface area contributed by atoms with Crippen LogP contribution in [0, 0.1) is 0 Å². The molecule has 16 heavy (non-hydrogen) atoms. The molecule has 0 radical (unpaired) electrons. The highest BCUT2D eigenvalue weighted by Crippen LogP contribution is 2.37. The Balaban J connectivity index is 1.92. The number of fused-ring (bicyclic) bond motifs is 1. The summed E-state index contributed by atoms with van der Waals surface area (Å²) in [4.78, 5) is 10.6. The third-order valence-electron chi connectivity index (χ3n) is 2.57. The summed E-state index contributed by atoms with van der Waals surface area (Å²) in [6, 6.07) is 0. The second-order valence-electron chi connectivity index (χ2n) is 4.44. The lowest BCUT2D eigenvalue weighted by Crippen LogP contribution is -2.36. The number of carbonyl (C=O) groups excluding carboxylic acids is 1. The van der Waals surface area contributed by atoms with Crippen LogP contribution in [0.3, 0.4) is 0 Å². The van der Waals surface area contributed by atoms with Crippen LogP contribution >= 0.6 is 0 Å². The molecular formula is C10H16O6. The van der Waals surface area contributed by atoms with Gasteiger partial charge in [-0.05, 0) is 13.8 Å². The average molecular weight is 232 g/mol. The Morgan fingerprint density at radius 2 is 2.12 bits per heavy atom. The molecule has 6 heteroatoms. The molecule has 6 nitrogen and oxygen atoms in total. The first-order valence-corrected chi connectivity index (χ1v) is 5.21. The van der Waals surface area contributed by atoms with Crippen molar-refractivity contribution in [3.8, 4) is 0 Å². The Morgan fingerprint density at radius 3 is 2.69 bits per heavy atom. The first-order chi connectivity index (χ1) is 7.39. The van der Waals surface area contributed by atoms with E-state index in [9.17, 15) is 9.90 Å². The summed E-state index contributed by atoms with van der Waals surface area (Å²) in [5, 5.41) is 9.88. The number of carbonyl (C=O) groups is 1. The fraction of sp³-hybridized carbons (Fsp3) is 0.900. The summed E-state index contributed by atoms with van der Waals surface area (Å²) in [6.07, 6.45) is -2.54. The van der Waals surface area contributed by atoms with Crippen molar-refractivity contribution in [3.05, 3.63) is 0 Å². The van der Waals surface area contributed by atoms with Crippen LogP contribution in [-0.4, -0.2) is 48.1 Å². The molecule has 2 heterocycles. The van der Waals surface area contributed by atoms with E-state index in [1.807, 2.05) is 0 Å². The lowest BCUT2D eigenvalue weighted by Gasteiger charge is -2.22. The van der Waals surface area contributed by atoms with Crippen LogP contribution in [0.5, 0.6) is 0 Å². The molecule has 0 spiro atoms. The second kappa shape index (κ2) is 3.96. The predicted octanol–water partition coefficient (Wildman–Crippen LogP) is -0.213. The quantitative estimate of drug-likeness (QED) is 0.664. The minimum atomic E-state index is -0.842. The van der Waals surface area contributed by atoms with E-state index in [4.69, 9.17) is 18.9 Å². The Labute approximate surface area is 93.4 Å². The van der Waals surface area contributed by atoms with Crippen LogP contribution in [0.2, 0.25) is 0 Å². The van der Waals surface area contributed by atoms with Crippen LogP contribution < -0.4 is 0 Å². The molecule has 0 aromatic rings. The normalized spacial score (nSPS) is 40.8. The number of rotatable bonds is 2. The Bertz CT molecular complexity index is 289. The molecule has 0 aromatic heterocycles. The largest absolute Gasteiger partial charge is 0.463 e. The van der Waals surface area contributed by atoms with Gasteiger partial charge in [0.1, 0.15) is 24.9 Å². The van der Waals surface area contributed by atoms with Crippen molar-refractivity contribution in [2.45, 2.75) is 51.2 Å². The number of esters is 1.